The number of benzene rings is 2. The molecule has 1 N–H and O–H groups in total. The smallest absolute Gasteiger partial charge is 0.416 e. The topological polar surface area (TPSA) is 62.1 Å². The van der Waals surface area contributed by atoms with Crippen LogP contribution >= 0.6 is 0 Å². The maximum absolute atomic E-state index is 13.8. The van der Waals surface area contributed by atoms with Crippen LogP contribution < -0.4 is 0 Å². The van der Waals surface area contributed by atoms with E-state index in [9.17, 15) is 18.0 Å². The van der Waals surface area contributed by atoms with Crippen LogP contribution in [-0.4, -0.2) is 35.3 Å². The van der Waals surface area contributed by atoms with E-state index in [0.717, 1.165) is 55.2 Å². The Bertz CT molecular complexity index is 1090. The highest BCUT2D eigenvalue weighted by molar-refractivity contribution is 5.79. The predicted molar refractivity (Wildman–Crippen MR) is 132 cm³/mol. The number of rotatable bonds is 9. The Balaban J connectivity index is 1.36. The molecule has 0 unspecified atom stereocenters. The van der Waals surface area contributed by atoms with Crippen LogP contribution in [-0.2, 0) is 35.4 Å². The van der Waals surface area contributed by atoms with E-state index in [0.29, 0.717) is 30.8 Å². The van der Waals surface area contributed by atoms with Crippen LogP contribution in [0, 0.1) is 5.92 Å². The van der Waals surface area contributed by atoms with Gasteiger partial charge in [-0.05, 0) is 65.1 Å². The van der Waals surface area contributed by atoms with Crippen molar-refractivity contribution in [2.45, 2.75) is 70.7 Å². The summed E-state index contributed by atoms with van der Waals surface area (Å²) in [6.45, 7) is 3.85. The van der Waals surface area contributed by atoms with Crippen molar-refractivity contribution < 1.29 is 27.9 Å². The van der Waals surface area contributed by atoms with Crippen molar-refractivity contribution in [1.29, 1.82) is 0 Å². The zero-order valence-corrected chi connectivity index (χ0v) is 20.6. The lowest BCUT2D eigenvalue weighted by Crippen LogP contribution is -2.49. The zero-order valence-electron chi connectivity index (χ0n) is 20.6. The molecule has 5 nitrogen and oxygen atoms in total. The quantitative estimate of drug-likeness (QED) is 0.319. The molecule has 1 heterocycles. The molecule has 0 amide bonds. The SMILES string of the molecule is CCc1cc(C=NOCc2ccc(C3CCCCC3)c(C(F)(F)F)c2)ccc1CN1CC(C(=O)O)C1. The molecular weight excluding hydrogens is 469 g/mol. The van der Waals surface area contributed by atoms with Gasteiger partial charge in [-0.25, -0.2) is 0 Å². The fraction of sp³-hybridized carbons (Fsp3) is 0.500. The number of alkyl halides is 3. The minimum Gasteiger partial charge on any atom is -0.481 e. The van der Waals surface area contributed by atoms with E-state index in [1.807, 2.05) is 18.2 Å². The van der Waals surface area contributed by atoms with Crippen molar-refractivity contribution in [2.24, 2.45) is 11.1 Å². The molecule has 0 atom stereocenters. The summed E-state index contributed by atoms with van der Waals surface area (Å²) in [5.41, 5.74) is 3.42. The minimum atomic E-state index is -4.39. The molecule has 2 aromatic rings. The van der Waals surface area contributed by atoms with Gasteiger partial charge in [-0.1, -0.05) is 55.6 Å². The molecule has 2 aromatic carbocycles. The standard InChI is InChI=1S/C28H33F3N2O3/c1-2-21-12-19(8-10-23(21)15-33-16-24(17-33)27(34)35)14-32-36-18-20-9-11-25(22-6-4-3-5-7-22)26(13-20)28(29,30)31/h8-14,22,24H,2-7,15-18H2,1H3,(H,34,35). The van der Waals surface area contributed by atoms with Gasteiger partial charge in [-0.3, -0.25) is 9.69 Å². The van der Waals surface area contributed by atoms with Gasteiger partial charge in [0.1, 0.15) is 6.61 Å². The summed E-state index contributed by atoms with van der Waals surface area (Å²) in [6, 6.07) is 10.5. The maximum Gasteiger partial charge on any atom is 0.416 e. The average molecular weight is 503 g/mol. The molecule has 194 valence electrons. The van der Waals surface area contributed by atoms with E-state index < -0.39 is 17.7 Å². The number of carbonyl (C=O) groups is 1. The van der Waals surface area contributed by atoms with Crippen LogP contribution in [0.2, 0.25) is 0 Å². The highest BCUT2D eigenvalue weighted by atomic mass is 19.4. The van der Waals surface area contributed by atoms with Crippen LogP contribution in [0.25, 0.3) is 0 Å². The fourth-order valence-corrected chi connectivity index (χ4v) is 5.22. The van der Waals surface area contributed by atoms with Gasteiger partial charge in [0, 0.05) is 19.6 Å². The molecule has 1 saturated heterocycles. The Morgan fingerprint density at radius 2 is 1.86 bits per heavy atom. The number of oxime groups is 1. The Morgan fingerprint density at radius 3 is 2.53 bits per heavy atom. The van der Waals surface area contributed by atoms with Crippen molar-refractivity contribution in [2.75, 3.05) is 13.1 Å². The number of likely N-dealkylation sites (tertiary alicyclic amines) is 1. The van der Waals surface area contributed by atoms with Gasteiger partial charge in [0.25, 0.3) is 0 Å². The van der Waals surface area contributed by atoms with Crippen LogP contribution in [0.5, 0.6) is 0 Å². The molecule has 2 aliphatic rings. The van der Waals surface area contributed by atoms with Gasteiger partial charge in [0.15, 0.2) is 0 Å². The van der Waals surface area contributed by atoms with Gasteiger partial charge in [-0.2, -0.15) is 13.2 Å². The van der Waals surface area contributed by atoms with E-state index in [4.69, 9.17) is 9.94 Å². The van der Waals surface area contributed by atoms with Crippen molar-refractivity contribution in [3.63, 3.8) is 0 Å². The summed E-state index contributed by atoms with van der Waals surface area (Å²) in [4.78, 5) is 18.5. The van der Waals surface area contributed by atoms with Gasteiger partial charge >= 0.3 is 12.1 Å². The summed E-state index contributed by atoms with van der Waals surface area (Å²) in [5.74, 6) is -1.06. The molecule has 4 rings (SSSR count). The summed E-state index contributed by atoms with van der Waals surface area (Å²) >= 11 is 0. The van der Waals surface area contributed by atoms with E-state index in [1.54, 1.807) is 18.3 Å². The third-order valence-corrected chi connectivity index (χ3v) is 7.29. The Labute approximate surface area is 209 Å². The minimum absolute atomic E-state index is 0.0289. The van der Waals surface area contributed by atoms with E-state index in [2.05, 4.69) is 17.0 Å². The van der Waals surface area contributed by atoms with Gasteiger partial charge in [-0.15, -0.1) is 0 Å². The Morgan fingerprint density at radius 1 is 1.11 bits per heavy atom. The molecule has 1 saturated carbocycles. The first-order chi connectivity index (χ1) is 17.2. The second-order valence-corrected chi connectivity index (χ2v) is 9.87. The summed E-state index contributed by atoms with van der Waals surface area (Å²) < 4.78 is 41.3. The van der Waals surface area contributed by atoms with Crippen molar-refractivity contribution in [3.05, 3.63) is 69.8 Å². The molecule has 0 aromatic heterocycles. The summed E-state index contributed by atoms with van der Waals surface area (Å²) in [7, 11) is 0. The monoisotopic (exact) mass is 502 g/mol. The van der Waals surface area contributed by atoms with Crippen LogP contribution in [0.1, 0.15) is 78.3 Å². The lowest BCUT2D eigenvalue weighted by Gasteiger charge is -2.37. The number of aliphatic carboxylic acids is 1. The van der Waals surface area contributed by atoms with Gasteiger partial charge in [0.05, 0.1) is 17.7 Å². The highest BCUT2D eigenvalue weighted by Crippen LogP contribution is 2.41. The number of aryl methyl sites for hydroxylation is 1. The number of hydrogen-bond acceptors (Lipinski definition) is 4. The predicted octanol–water partition coefficient (Wildman–Crippen LogP) is 6.38. The third kappa shape index (κ3) is 6.46. The zero-order chi connectivity index (χ0) is 25.7. The average Bonchev–Trinajstić information content (AvgIpc) is 2.84. The van der Waals surface area contributed by atoms with Crippen LogP contribution in [0.4, 0.5) is 13.2 Å². The van der Waals surface area contributed by atoms with E-state index in [1.165, 1.54) is 6.07 Å². The number of halogens is 3. The van der Waals surface area contributed by atoms with Crippen LogP contribution in [0.15, 0.2) is 41.6 Å². The molecule has 1 aliphatic heterocycles. The Hall–Kier alpha value is -2.87. The number of hydrogen-bond donors (Lipinski definition) is 1. The number of nitrogens with zero attached hydrogens (tertiary/aromatic N) is 2. The van der Waals surface area contributed by atoms with E-state index >= 15 is 0 Å². The summed E-state index contributed by atoms with van der Waals surface area (Å²) in [5, 5.41) is 13.0. The van der Waals surface area contributed by atoms with Gasteiger partial charge in [0.2, 0.25) is 0 Å². The van der Waals surface area contributed by atoms with Crippen molar-refractivity contribution >= 4 is 12.2 Å². The van der Waals surface area contributed by atoms with E-state index in [-0.39, 0.29) is 18.4 Å². The largest absolute Gasteiger partial charge is 0.481 e. The molecule has 0 bridgehead atoms. The molecule has 0 radical (unpaired) electrons. The first kappa shape index (κ1) is 26.2. The first-order valence-corrected chi connectivity index (χ1v) is 12.7. The number of carboxylic acids is 1. The third-order valence-electron chi connectivity index (χ3n) is 7.29. The highest BCUT2D eigenvalue weighted by Gasteiger charge is 2.36. The maximum atomic E-state index is 13.8. The van der Waals surface area contributed by atoms with Crippen molar-refractivity contribution in [1.82, 2.24) is 4.90 Å². The molecule has 1 aliphatic carbocycles. The van der Waals surface area contributed by atoms with Crippen LogP contribution in [0.3, 0.4) is 0 Å². The van der Waals surface area contributed by atoms with Gasteiger partial charge < -0.3 is 9.94 Å². The second-order valence-electron chi connectivity index (χ2n) is 9.87. The molecule has 0 spiro atoms. The summed E-state index contributed by atoms with van der Waals surface area (Å²) in [6.07, 6.45) is 2.66. The first-order valence-electron chi connectivity index (χ1n) is 12.7. The molecule has 8 heteroatoms. The lowest BCUT2D eigenvalue weighted by atomic mass is 9.81. The molecular formula is C28H33F3N2O3. The Kier molecular flexibility index (Phi) is 8.34. The normalized spacial score (nSPS) is 17.9. The molecule has 2 fully saturated rings. The second kappa shape index (κ2) is 11.5. The molecule has 36 heavy (non-hydrogen) atoms. The fourth-order valence-electron chi connectivity index (χ4n) is 5.22. The lowest BCUT2D eigenvalue weighted by molar-refractivity contribution is -0.147. The van der Waals surface area contributed by atoms with Crippen molar-refractivity contribution in [3.8, 4) is 0 Å². The number of carboxylic acid groups (broad SMARTS) is 1.